The van der Waals surface area contributed by atoms with Gasteiger partial charge in [0.25, 0.3) is 0 Å². The molecule has 0 spiro atoms. The SMILES string of the molecule is Cc1cc(CC(=O)c2ccc(C)c(N)c2)n(C)n1. The van der Waals surface area contributed by atoms with Crippen LogP contribution in [-0.2, 0) is 13.5 Å². The summed E-state index contributed by atoms with van der Waals surface area (Å²) in [7, 11) is 1.85. The minimum absolute atomic E-state index is 0.0599. The first kappa shape index (κ1) is 12.4. The Kier molecular flexibility index (Phi) is 3.19. The van der Waals surface area contributed by atoms with Crippen molar-refractivity contribution in [1.29, 1.82) is 0 Å². The van der Waals surface area contributed by atoms with Gasteiger partial charge in [-0.2, -0.15) is 5.10 Å². The van der Waals surface area contributed by atoms with Crippen molar-refractivity contribution in [3.8, 4) is 0 Å². The van der Waals surface area contributed by atoms with Crippen molar-refractivity contribution >= 4 is 11.5 Å². The number of nitrogens with zero attached hydrogens (tertiary/aromatic N) is 2. The molecule has 0 bridgehead atoms. The lowest BCUT2D eigenvalue weighted by Crippen LogP contribution is -2.08. The van der Waals surface area contributed by atoms with Crippen LogP contribution in [0.15, 0.2) is 24.3 Å². The molecule has 0 saturated carbocycles. The molecule has 1 heterocycles. The Morgan fingerprint density at radius 1 is 1.33 bits per heavy atom. The van der Waals surface area contributed by atoms with Crippen LogP contribution >= 0.6 is 0 Å². The van der Waals surface area contributed by atoms with Crippen LogP contribution in [0.5, 0.6) is 0 Å². The van der Waals surface area contributed by atoms with Gasteiger partial charge in [-0.05, 0) is 31.5 Å². The number of Topliss-reactive ketones (excluding diaryl/α,β-unsaturated/α-hetero) is 1. The van der Waals surface area contributed by atoms with Crippen LogP contribution in [-0.4, -0.2) is 15.6 Å². The number of carbonyl (C=O) groups is 1. The quantitative estimate of drug-likeness (QED) is 0.663. The van der Waals surface area contributed by atoms with E-state index in [4.69, 9.17) is 5.73 Å². The highest BCUT2D eigenvalue weighted by atomic mass is 16.1. The normalized spacial score (nSPS) is 10.6. The Balaban J connectivity index is 2.22. The molecule has 1 aromatic heterocycles. The first-order valence-corrected chi connectivity index (χ1v) is 5.86. The zero-order valence-corrected chi connectivity index (χ0v) is 10.9. The van der Waals surface area contributed by atoms with Crippen LogP contribution < -0.4 is 5.73 Å². The predicted molar refractivity (Wildman–Crippen MR) is 71.6 cm³/mol. The number of nitrogens with two attached hydrogens (primary N) is 1. The maximum absolute atomic E-state index is 12.1. The second kappa shape index (κ2) is 4.64. The van der Waals surface area contributed by atoms with E-state index in [2.05, 4.69) is 5.10 Å². The molecule has 4 nitrogen and oxygen atoms in total. The number of hydrogen-bond donors (Lipinski definition) is 1. The van der Waals surface area contributed by atoms with E-state index in [0.29, 0.717) is 17.7 Å². The first-order valence-electron chi connectivity index (χ1n) is 5.86. The number of nitrogen functional groups attached to an aromatic ring is 1. The van der Waals surface area contributed by atoms with Gasteiger partial charge in [0, 0.05) is 24.0 Å². The molecule has 0 amide bonds. The number of benzene rings is 1. The maximum Gasteiger partial charge on any atom is 0.168 e. The molecule has 0 unspecified atom stereocenters. The van der Waals surface area contributed by atoms with Crippen LogP contribution in [0.1, 0.15) is 27.3 Å². The summed E-state index contributed by atoms with van der Waals surface area (Å²) in [5.41, 5.74) is 9.94. The summed E-state index contributed by atoms with van der Waals surface area (Å²) in [6.07, 6.45) is 0.347. The van der Waals surface area contributed by atoms with E-state index in [-0.39, 0.29) is 5.78 Å². The van der Waals surface area contributed by atoms with Gasteiger partial charge in [0.15, 0.2) is 5.78 Å². The molecule has 0 atom stereocenters. The van der Waals surface area contributed by atoms with E-state index >= 15 is 0 Å². The highest BCUT2D eigenvalue weighted by Gasteiger charge is 2.11. The van der Waals surface area contributed by atoms with Gasteiger partial charge in [0.1, 0.15) is 0 Å². The molecule has 4 heteroatoms. The molecule has 0 radical (unpaired) electrons. The lowest BCUT2D eigenvalue weighted by Gasteiger charge is -2.05. The average molecular weight is 243 g/mol. The third-order valence-electron chi connectivity index (χ3n) is 3.04. The highest BCUT2D eigenvalue weighted by molar-refractivity contribution is 5.98. The van der Waals surface area contributed by atoms with Gasteiger partial charge in [-0.25, -0.2) is 0 Å². The van der Waals surface area contributed by atoms with Crippen molar-refractivity contribution < 1.29 is 4.79 Å². The van der Waals surface area contributed by atoms with Gasteiger partial charge < -0.3 is 5.73 Å². The Morgan fingerprint density at radius 2 is 2.06 bits per heavy atom. The molecule has 0 aliphatic heterocycles. The Labute approximate surface area is 106 Å². The van der Waals surface area contributed by atoms with Gasteiger partial charge in [-0.15, -0.1) is 0 Å². The second-order valence-electron chi connectivity index (χ2n) is 4.57. The van der Waals surface area contributed by atoms with E-state index in [9.17, 15) is 4.79 Å². The van der Waals surface area contributed by atoms with E-state index < -0.39 is 0 Å². The van der Waals surface area contributed by atoms with Crippen molar-refractivity contribution in [2.24, 2.45) is 7.05 Å². The molecule has 0 saturated heterocycles. The van der Waals surface area contributed by atoms with E-state index in [1.807, 2.05) is 39.1 Å². The summed E-state index contributed by atoms with van der Waals surface area (Å²) in [5, 5.41) is 4.23. The zero-order chi connectivity index (χ0) is 13.3. The summed E-state index contributed by atoms with van der Waals surface area (Å²) in [4.78, 5) is 12.1. The fourth-order valence-electron chi connectivity index (χ4n) is 1.91. The molecule has 0 aliphatic carbocycles. The number of aryl methyl sites for hydroxylation is 3. The highest BCUT2D eigenvalue weighted by Crippen LogP contribution is 2.15. The topological polar surface area (TPSA) is 60.9 Å². The van der Waals surface area contributed by atoms with E-state index in [1.54, 1.807) is 10.7 Å². The first-order chi connectivity index (χ1) is 8.47. The third kappa shape index (κ3) is 2.42. The van der Waals surface area contributed by atoms with Crippen LogP contribution in [0.2, 0.25) is 0 Å². The molecule has 0 fully saturated rings. The molecule has 18 heavy (non-hydrogen) atoms. The number of rotatable bonds is 3. The maximum atomic E-state index is 12.1. The van der Waals surface area contributed by atoms with E-state index in [1.165, 1.54) is 0 Å². The number of anilines is 1. The Hall–Kier alpha value is -2.10. The minimum atomic E-state index is 0.0599. The van der Waals surface area contributed by atoms with E-state index in [0.717, 1.165) is 17.0 Å². The molecule has 94 valence electrons. The molecule has 2 rings (SSSR count). The zero-order valence-electron chi connectivity index (χ0n) is 10.9. The van der Waals surface area contributed by atoms with Crippen molar-refractivity contribution in [2.75, 3.05) is 5.73 Å². The van der Waals surface area contributed by atoms with Crippen LogP contribution in [0.25, 0.3) is 0 Å². The lowest BCUT2D eigenvalue weighted by atomic mass is 10.0. The Morgan fingerprint density at radius 3 is 2.61 bits per heavy atom. The summed E-state index contributed by atoms with van der Waals surface area (Å²) in [5.74, 6) is 0.0599. The van der Waals surface area contributed by atoms with Crippen molar-refractivity contribution in [1.82, 2.24) is 9.78 Å². The van der Waals surface area contributed by atoms with Gasteiger partial charge >= 0.3 is 0 Å². The van der Waals surface area contributed by atoms with Crippen molar-refractivity contribution in [3.63, 3.8) is 0 Å². The van der Waals surface area contributed by atoms with Gasteiger partial charge in [-0.3, -0.25) is 9.48 Å². The smallest absolute Gasteiger partial charge is 0.168 e. The molecular formula is C14H17N3O. The fourth-order valence-corrected chi connectivity index (χ4v) is 1.91. The standard InChI is InChI=1S/C14H17N3O/c1-9-4-5-11(7-13(9)15)14(18)8-12-6-10(2)16-17(12)3/h4-7H,8,15H2,1-3H3. The molecule has 0 aliphatic rings. The van der Waals surface area contributed by atoms with Crippen LogP contribution in [0.4, 0.5) is 5.69 Å². The van der Waals surface area contributed by atoms with Crippen molar-refractivity contribution in [2.45, 2.75) is 20.3 Å². The molecular weight excluding hydrogens is 226 g/mol. The summed E-state index contributed by atoms with van der Waals surface area (Å²) >= 11 is 0. The predicted octanol–water partition coefficient (Wildman–Crippen LogP) is 2.04. The number of carbonyl (C=O) groups excluding carboxylic acids is 1. The summed E-state index contributed by atoms with van der Waals surface area (Å²) in [6.45, 7) is 3.84. The third-order valence-corrected chi connectivity index (χ3v) is 3.04. The number of ketones is 1. The summed E-state index contributed by atoms with van der Waals surface area (Å²) < 4.78 is 1.74. The van der Waals surface area contributed by atoms with Gasteiger partial charge in [-0.1, -0.05) is 12.1 Å². The molecule has 2 aromatic rings. The number of hydrogen-bond acceptors (Lipinski definition) is 3. The largest absolute Gasteiger partial charge is 0.398 e. The van der Waals surface area contributed by atoms with Gasteiger partial charge in [0.2, 0.25) is 0 Å². The number of aromatic nitrogens is 2. The monoisotopic (exact) mass is 243 g/mol. The van der Waals surface area contributed by atoms with Crippen LogP contribution in [0, 0.1) is 13.8 Å². The van der Waals surface area contributed by atoms with Crippen molar-refractivity contribution in [3.05, 3.63) is 46.8 Å². The second-order valence-corrected chi connectivity index (χ2v) is 4.57. The Bertz CT molecular complexity index is 599. The molecule has 1 aromatic carbocycles. The summed E-state index contributed by atoms with van der Waals surface area (Å²) in [6, 6.07) is 7.35. The van der Waals surface area contributed by atoms with Crippen LogP contribution in [0.3, 0.4) is 0 Å². The molecule has 2 N–H and O–H groups in total. The fraction of sp³-hybridized carbons (Fsp3) is 0.286. The lowest BCUT2D eigenvalue weighted by molar-refractivity contribution is 0.0991. The minimum Gasteiger partial charge on any atom is -0.398 e. The average Bonchev–Trinajstić information content (AvgIpc) is 2.61. The van der Waals surface area contributed by atoms with Gasteiger partial charge in [0.05, 0.1) is 12.1 Å².